The Balaban J connectivity index is 2.19. The van der Waals surface area contributed by atoms with Crippen LogP contribution in [0.25, 0.3) is 0 Å². The molecule has 0 saturated carbocycles. The normalized spacial score (nSPS) is 13.9. The average Bonchev–Trinajstić information content (AvgIpc) is 2.48. The van der Waals surface area contributed by atoms with Crippen LogP contribution < -0.4 is 5.32 Å². The number of hydrogen-bond acceptors (Lipinski definition) is 3. The molecule has 1 heterocycles. The lowest BCUT2D eigenvalue weighted by Gasteiger charge is -2.23. The molecule has 0 saturated heterocycles. The smallest absolute Gasteiger partial charge is 0.120 e. The molecule has 0 amide bonds. The molecule has 0 radical (unpaired) electrons. The van der Waals surface area contributed by atoms with Gasteiger partial charge in [0, 0.05) is 34.5 Å². The van der Waals surface area contributed by atoms with Crippen LogP contribution in [0.2, 0.25) is 0 Å². The first-order valence-corrected chi connectivity index (χ1v) is 7.55. The second-order valence-electron chi connectivity index (χ2n) is 4.84. The summed E-state index contributed by atoms with van der Waals surface area (Å²) in [4.78, 5) is 4.15. The molecule has 2 rings (SSSR count). The van der Waals surface area contributed by atoms with E-state index in [1.165, 1.54) is 0 Å². The van der Waals surface area contributed by atoms with Crippen molar-refractivity contribution < 1.29 is 5.11 Å². The fourth-order valence-corrected chi connectivity index (χ4v) is 2.64. The first-order valence-electron chi connectivity index (χ1n) is 6.76. The van der Waals surface area contributed by atoms with Gasteiger partial charge in [0.2, 0.25) is 0 Å². The molecule has 4 heteroatoms. The SMILES string of the molecule is CCC(N[C@@H](C)c1cccnc1)c1cc(Br)ccc1O. The molecule has 0 aliphatic heterocycles. The van der Waals surface area contributed by atoms with Crippen LogP contribution in [0, 0.1) is 0 Å². The van der Waals surface area contributed by atoms with Crippen LogP contribution in [0.5, 0.6) is 5.75 Å². The summed E-state index contributed by atoms with van der Waals surface area (Å²) in [5.74, 6) is 0.325. The molecule has 1 aromatic heterocycles. The minimum Gasteiger partial charge on any atom is -0.508 e. The Morgan fingerprint density at radius 2 is 2.15 bits per heavy atom. The van der Waals surface area contributed by atoms with Crippen molar-refractivity contribution in [2.24, 2.45) is 0 Å². The number of phenolic OH excluding ortho intramolecular Hbond substituents is 1. The van der Waals surface area contributed by atoms with Crippen LogP contribution >= 0.6 is 15.9 Å². The number of aromatic hydroxyl groups is 1. The van der Waals surface area contributed by atoms with Gasteiger partial charge in [-0.25, -0.2) is 0 Å². The summed E-state index contributed by atoms with van der Waals surface area (Å²) in [6.45, 7) is 4.21. The van der Waals surface area contributed by atoms with E-state index in [2.05, 4.69) is 46.1 Å². The third-order valence-electron chi connectivity index (χ3n) is 3.41. The monoisotopic (exact) mass is 334 g/mol. The van der Waals surface area contributed by atoms with Crippen molar-refractivity contribution in [3.8, 4) is 5.75 Å². The Morgan fingerprint density at radius 3 is 2.80 bits per heavy atom. The third kappa shape index (κ3) is 3.58. The summed E-state index contributed by atoms with van der Waals surface area (Å²) in [7, 11) is 0. The summed E-state index contributed by atoms with van der Waals surface area (Å²) in [6, 6.07) is 9.79. The van der Waals surface area contributed by atoms with E-state index < -0.39 is 0 Å². The predicted molar refractivity (Wildman–Crippen MR) is 84.6 cm³/mol. The summed E-state index contributed by atoms with van der Waals surface area (Å²) in [6.07, 6.45) is 4.54. The fraction of sp³-hybridized carbons (Fsp3) is 0.312. The van der Waals surface area contributed by atoms with Gasteiger partial charge in [0.25, 0.3) is 0 Å². The van der Waals surface area contributed by atoms with Crippen LogP contribution in [-0.2, 0) is 0 Å². The number of nitrogens with zero attached hydrogens (tertiary/aromatic N) is 1. The van der Waals surface area contributed by atoms with E-state index in [1.54, 1.807) is 12.3 Å². The molecule has 0 aliphatic carbocycles. The molecule has 2 aromatic rings. The molecule has 20 heavy (non-hydrogen) atoms. The lowest BCUT2D eigenvalue weighted by atomic mass is 10.0. The van der Waals surface area contributed by atoms with Gasteiger partial charge in [0.05, 0.1) is 0 Å². The number of pyridine rings is 1. The standard InChI is InChI=1S/C16H19BrN2O/c1-3-15(14-9-13(17)6-7-16(14)20)19-11(2)12-5-4-8-18-10-12/h4-11,15,19-20H,3H2,1-2H3/t11-,15?/m0/s1. The Hall–Kier alpha value is -1.39. The molecule has 0 bridgehead atoms. The maximum atomic E-state index is 10.0. The lowest BCUT2D eigenvalue weighted by molar-refractivity contribution is 0.419. The Kier molecular flexibility index (Phi) is 5.15. The van der Waals surface area contributed by atoms with Gasteiger partial charge in [-0.3, -0.25) is 4.98 Å². The van der Waals surface area contributed by atoms with Crippen molar-refractivity contribution in [1.29, 1.82) is 0 Å². The molecule has 1 aromatic carbocycles. The zero-order chi connectivity index (χ0) is 14.5. The first-order chi connectivity index (χ1) is 9.61. The van der Waals surface area contributed by atoms with Crippen LogP contribution in [-0.4, -0.2) is 10.1 Å². The summed E-state index contributed by atoms with van der Waals surface area (Å²) < 4.78 is 0.972. The quantitative estimate of drug-likeness (QED) is 0.854. The van der Waals surface area contributed by atoms with E-state index in [0.29, 0.717) is 5.75 Å². The van der Waals surface area contributed by atoms with Crippen molar-refractivity contribution in [1.82, 2.24) is 10.3 Å². The van der Waals surface area contributed by atoms with Crippen LogP contribution in [0.3, 0.4) is 0 Å². The lowest BCUT2D eigenvalue weighted by Crippen LogP contribution is -2.24. The maximum absolute atomic E-state index is 10.0. The van der Waals surface area contributed by atoms with Crippen molar-refractivity contribution >= 4 is 15.9 Å². The number of aromatic nitrogens is 1. The topological polar surface area (TPSA) is 45.2 Å². The van der Waals surface area contributed by atoms with Gasteiger partial charge in [-0.15, -0.1) is 0 Å². The van der Waals surface area contributed by atoms with E-state index in [1.807, 2.05) is 24.4 Å². The second-order valence-corrected chi connectivity index (χ2v) is 5.75. The second kappa shape index (κ2) is 6.86. The first kappa shape index (κ1) is 15.0. The van der Waals surface area contributed by atoms with Crippen molar-refractivity contribution in [2.45, 2.75) is 32.4 Å². The van der Waals surface area contributed by atoms with E-state index in [9.17, 15) is 5.11 Å². The molecular formula is C16H19BrN2O. The van der Waals surface area contributed by atoms with Gasteiger partial charge in [0.15, 0.2) is 0 Å². The van der Waals surface area contributed by atoms with E-state index >= 15 is 0 Å². The number of rotatable bonds is 5. The van der Waals surface area contributed by atoms with E-state index in [0.717, 1.165) is 22.0 Å². The number of benzene rings is 1. The highest BCUT2D eigenvalue weighted by Crippen LogP contribution is 2.31. The van der Waals surface area contributed by atoms with Gasteiger partial charge < -0.3 is 10.4 Å². The zero-order valence-corrected chi connectivity index (χ0v) is 13.3. The number of halogens is 1. The third-order valence-corrected chi connectivity index (χ3v) is 3.90. The number of nitrogens with one attached hydrogen (secondary N) is 1. The van der Waals surface area contributed by atoms with E-state index in [-0.39, 0.29) is 12.1 Å². The van der Waals surface area contributed by atoms with Crippen LogP contribution in [0.15, 0.2) is 47.2 Å². The van der Waals surface area contributed by atoms with Gasteiger partial charge >= 0.3 is 0 Å². The molecule has 0 aliphatic rings. The van der Waals surface area contributed by atoms with Gasteiger partial charge in [-0.2, -0.15) is 0 Å². The Bertz CT molecular complexity index is 560. The fourth-order valence-electron chi connectivity index (χ4n) is 2.26. The van der Waals surface area contributed by atoms with Crippen molar-refractivity contribution in [3.05, 3.63) is 58.3 Å². The zero-order valence-electron chi connectivity index (χ0n) is 11.7. The van der Waals surface area contributed by atoms with Crippen molar-refractivity contribution in [2.75, 3.05) is 0 Å². The van der Waals surface area contributed by atoms with Gasteiger partial charge in [0.1, 0.15) is 5.75 Å². The Morgan fingerprint density at radius 1 is 1.35 bits per heavy atom. The minimum atomic E-state index is 0.0997. The number of phenols is 1. The van der Waals surface area contributed by atoms with Gasteiger partial charge in [-0.05, 0) is 43.2 Å². The van der Waals surface area contributed by atoms with Crippen molar-refractivity contribution in [3.63, 3.8) is 0 Å². The maximum Gasteiger partial charge on any atom is 0.120 e. The molecular weight excluding hydrogens is 316 g/mol. The summed E-state index contributed by atoms with van der Waals surface area (Å²) in [5.41, 5.74) is 2.05. The Labute approximate surface area is 128 Å². The predicted octanol–water partition coefficient (Wildman–Crippen LogP) is 4.35. The van der Waals surface area contributed by atoms with Gasteiger partial charge in [-0.1, -0.05) is 28.9 Å². The summed E-state index contributed by atoms with van der Waals surface area (Å²) >= 11 is 3.46. The molecule has 0 fully saturated rings. The largest absolute Gasteiger partial charge is 0.508 e. The number of hydrogen-bond donors (Lipinski definition) is 2. The highest BCUT2D eigenvalue weighted by Gasteiger charge is 2.17. The van der Waals surface area contributed by atoms with E-state index in [4.69, 9.17) is 0 Å². The highest BCUT2D eigenvalue weighted by molar-refractivity contribution is 9.10. The molecule has 106 valence electrons. The molecule has 1 unspecified atom stereocenters. The molecule has 2 N–H and O–H groups in total. The summed E-state index contributed by atoms with van der Waals surface area (Å²) in [5, 5.41) is 13.6. The minimum absolute atomic E-state index is 0.0997. The average molecular weight is 335 g/mol. The molecule has 3 nitrogen and oxygen atoms in total. The van der Waals surface area contributed by atoms with Crippen LogP contribution in [0.4, 0.5) is 0 Å². The highest BCUT2D eigenvalue weighted by atomic mass is 79.9. The van der Waals surface area contributed by atoms with Crippen LogP contribution in [0.1, 0.15) is 43.5 Å². The molecule has 2 atom stereocenters. The molecule has 0 spiro atoms.